The fourth-order valence-corrected chi connectivity index (χ4v) is 1.26. The van der Waals surface area contributed by atoms with Crippen molar-refractivity contribution in [3.05, 3.63) is 35.4 Å². The van der Waals surface area contributed by atoms with Crippen LogP contribution < -0.4 is 5.73 Å². The molecular formula is C11H14NO. The molecule has 1 rings (SSSR count). The lowest BCUT2D eigenvalue weighted by molar-refractivity contribution is 0.0999. The van der Waals surface area contributed by atoms with E-state index >= 15 is 0 Å². The van der Waals surface area contributed by atoms with Gasteiger partial charge in [-0.25, -0.2) is 0 Å². The van der Waals surface area contributed by atoms with Gasteiger partial charge in [0, 0.05) is 5.56 Å². The van der Waals surface area contributed by atoms with Crippen LogP contribution >= 0.6 is 0 Å². The Morgan fingerprint density at radius 1 is 1.62 bits per heavy atom. The summed E-state index contributed by atoms with van der Waals surface area (Å²) in [5.41, 5.74) is 6.78. The molecule has 1 aromatic carbocycles. The first kappa shape index (κ1) is 9.78. The number of nitrogens with two attached hydrogens (primary N) is 1. The maximum Gasteiger partial charge on any atom is 0.248 e. The number of hydrogen-bond donors (Lipinski definition) is 1. The molecule has 0 fully saturated rings. The zero-order chi connectivity index (χ0) is 9.68. The van der Waals surface area contributed by atoms with E-state index in [0.717, 1.165) is 24.8 Å². The van der Waals surface area contributed by atoms with Crippen molar-refractivity contribution in [3.8, 4) is 0 Å². The van der Waals surface area contributed by atoms with Crippen LogP contribution in [-0.4, -0.2) is 5.91 Å². The van der Waals surface area contributed by atoms with E-state index in [1.807, 2.05) is 6.07 Å². The minimum absolute atomic E-state index is 0.358. The van der Waals surface area contributed by atoms with Gasteiger partial charge in [-0.15, -0.1) is 0 Å². The molecule has 0 bridgehead atoms. The van der Waals surface area contributed by atoms with Crippen LogP contribution in [0.1, 0.15) is 35.7 Å². The van der Waals surface area contributed by atoms with Gasteiger partial charge in [-0.1, -0.05) is 25.5 Å². The standard InChI is InChI=1S/C11H14NO/c1-2-3-6-9-7-4-5-8-10(9)11(12)13/h4-5,8H,2-3,6H2,1H3,(H2,12,13). The second-order valence-corrected chi connectivity index (χ2v) is 3.03. The summed E-state index contributed by atoms with van der Waals surface area (Å²) in [6.45, 7) is 2.12. The third kappa shape index (κ3) is 2.58. The fourth-order valence-electron chi connectivity index (χ4n) is 1.26. The Morgan fingerprint density at radius 2 is 2.38 bits per heavy atom. The van der Waals surface area contributed by atoms with E-state index in [0.29, 0.717) is 5.56 Å². The molecule has 1 aromatic rings. The Morgan fingerprint density at radius 3 is 3.00 bits per heavy atom. The first-order valence-corrected chi connectivity index (χ1v) is 4.55. The molecular weight excluding hydrogens is 162 g/mol. The van der Waals surface area contributed by atoms with Gasteiger partial charge in [-0.05, 0) is 30.5 Å². The number of primary amides is 1. The molecule has 0 saturated carbocycles. The zero-order valence-electron chi connectivity index (χ0n) is 7.84. The molecule has 0 aliphatic heterocycles. The molecule has 0 aliphatic rings. The molecule has 2 nitrogen and oxygen atoms in total. The monoisotopic (exact) mass is 176 g/mol. The van der Waals surface area contributed by atoms with Crippen molar-refractivity contribution in [2.24, 2.45) is 5.73 Å². The second-order valence-electron chi connectivity index (χ2n) is 3.03. The summed E-state index contributed by atoms with van der Waals surface area (Å²) < 4.78 is 0. The van der Waals surface area contributed by atoms with Crippen LogP contribution in [0.15, 0.2) is 18.2 Å². The summed E-state index contributed by atoms with van der Waals surface area (Å²) in [6, 6.07) is 8.41. The van der Waals surface area contributed by atoms with Crippen LogP contribution in [0.2, 0.25) is 0 Å². The first-order chi connectivity index (χ1) is 6.25. The normalized spacial score (nSPS) is 9.92. The lowest BCUT2D eigenvalue weighted by Gasteiger charge is -2.03. The van der Waals surface area contributed by atoms with Crippen molar-refractivity contribution in [3.63, 3.8) is 0 Å². The largest absolute Gasteiger partial charge is 0.366 e. The lowest BCUT2D eigenvalue weighted by atomic mass is 10.0. The number of amides is 1. The Balaban J connectivity index is 2.84. The van der Waals surface area contributed by atoms with E-state index in [4.69, 9.17) is 5.73 Å². The van der Waals surface area contributed by atoms with Crippen molar-refractivity contribution in [1.29, 1.82) is 0 Å². The van der Waals surface area contributed by atoms with Crippen LogP contribution in [0.4, 0.5) is 0 Å². The van der Waals surface area contributed by atoms with Gasteiger partial charge >= 0.3 is 0 Å². The Hall–Kier alpha value is -1.31. The van der Waals surface area contributed by atoms with Gasteiger partial charge in [0.1, 0.15) is 0 Å². The summed E-state index contributed by atoms with van der Waals surface area (Å²) in [6.07, 6.45) is 3.07. The molecule has 0 aliphatic carbocycles. The van der Waals surface area contributed by atoms with Crippen molar-refractivity contribution in [2.75, 3.05) is 0 Å². The average Bonchev–Trinajstić information content (AvgIpc) is 2.15. The van der Waals surface area contributed by atoms with E-state index in [9.17, 15) is 4.79 Å². The minimum atomic E-state index is -0.358. The zero-order valence-corrected chi connectivity index (χ0v) is 7.84. The van der Waals surface area contributed by atoms with Crippen LogP contribution in [0.25, 0.3) is 0 Å². The number of aryl methyl sites for hydroxylation is 1. The third-order valence-electron chi connectivity index (χ3n) is 1.99. The highest BCUT2D eigenvalue weighted by atomic mass is 16.1. The van der Waals surface area contributed by atoms with E-state index in [1.54, 1.807) is 12.1 Å². The van der Waals surface area contributed by atoms with Crippen molar-refractivity contribution in [1.82, 2.24) is 0 Å². The first-order valence-electron chi connectivity index (χ1n) is 4.55. The number of hydrogen-bond acceptors (Lipinski definition) is 1. The molecule has 2 heteroatoms. The highest BCUT2D eigenvalue weighted by Gasteiger charge is 2.05. The van der Waals surface area contributed by atoms with Gasteiger partial charge < -0.3 is 5.73 Å². The number of carbonyl (C=O) groups is 1. The van der Waals surface area contributed by atoms with Gasteiger partial charge in [0.2, 0.25) is 5.91 Å². The van der Waals surface area contributed by atoms with Crippen molar-refractivity contribution in [2.45, 2.75) is 26.2 Å². The lowest BCUT2D eigenvalue weighted by Crippen LogP contribution is -2.13. The summed E-state index contributed by atoms with van der Waals surface area (Å²) in [5, 5.41) is 0. The SMILES string of the molecule is CCCCc1[c]cccc1C(N)=O. The van der Waals surface area contributed by atoms with Crippen molar-refractivity contribution >= 4 is 5.91 Å². The minimum Gasteiger partial charge on any atom is -0.366 e. The topological polar surface area (TPSA) is 43.1 Å². The second kappa shape index (κ2) is 4.65. The molecule has 0 heterocycles. The molecule has 0 spiro atoms. The molecule has 0 saturated heterocycles. The quantitative estimate of drug-likeness (QED) is 0.748. The molecule has 13 heavy (non-hydrogen) atoms. The maximum atomic E-state index is 11.0. The Labute approximate surface area is 78.8 Å². The summed E-state index contributed by atoms with van der Waals surface area (Å²) >= 11 is 0. The summed E-state index contributed by atoms with van der Waals surface area (Å²) in [4.78, 5) is 11.0. The van der Waals surface area contributed by atoms with Crippen molar-refractivity contribution < 1.29 is 4.79 Å². The fraction of sp³-hybridized carbons (Fsp3) is 0.364. The molecule has 0 atom stereocenters. The van der Waals surface area contributed by atoms with Crippen LogP contribution in [-0.2, 0) is 6.42 Å². The molecule has 69 valence electrons. The molecule has 0 unspecified atom stereocenters. The Kier molecular flexibility index (Phi) is 3.50. The maximum absolute atomic E-state index is 11.0. The summed E-state index contributed by atoms with van der Waals surface area (Å²) in [7, 11) is 0. The molecule has 0 aromatic heterocycles. The molecule has 1 radical (unpaired) electrons. The van der Waals surface area contributed by atoms with E-state index < -0.39 is 0 Å². The number of carbonyl (C=O) groups excluding carboxylic acids is 1. The predicted octanol–water partition coefficient (Wildman–Crippen LogP) is 1.93. The highest BCUT2D eigenvalue weighted by Crippen LogP contribution is 2.10. The number of benzene rings is 1. The van der Waals surface area contributed by atoms with Crippen LogP contribution in [0.3, 0.4) is 0 Å². The van der Waals surface area contributed by atoms with Gasteiger partial charge in [0.05, 0.1) is 0 Å². The smallest absolute Gasteiger partial charge is 0.248 e. The predicted molar refractivity (Wildman–Crippen MR) is 52.4 cm³/mol. The average molecular weight is 176 g/mol. The molecule has 1 amide bonds. The van der Waals surface area contributed by atoms with E-state index in [-0.39, 0.29) is 5.91 Å². The third-order valence-corrected chi connectivity index (χ3v) is 1.99. The highest BCUT2D eigenvalue weighted by molar-refractivity contribution is 5.94. The van der Waals surface area contributed by atoms with Crippen LogP contribution in [0, 0.1) is 6.07 Å². The van der Waals surface area contributed by atoms with Gasteiger partial charge in [-0.3, -0.25) is 4.79 Å². The van der Waals surface area contributed by atoms with Crippen LogP contribution in [0.5, 0.6) is 0 Å². The van der Waals surface area contributed by atoms with Gasteiger partial charge in [0.25, 0.3) is 0 Å². The Bertz CT molecular complexity index is 294. The van der Waals surface area contributed by atoms with Gasteiger partial charge in [0.15, 0.2) is 0 Å². The number of unbranched alkanes of at least 4 members (excludes halogenated alkanes) is 1. The number of rotatable bonds is 4. The van der Waals surface area contributed by atoms with E-state index in [2.05, 4.69) is 13.0 Å². The van der Waals surface area contributed by atoms with E-state index in [1.165, 1.54) is 0 Å². The van der Waals surface area contributed by atoms with Gasteiger partial charge in [-0.2, -0.15) is 0 Å². The summed E-state index contributed by atoms with van der Waals surface area (Å²) in [5.74, 6) is -0.358. The molecule has 2 N–H and O–H groups in total.